The number of carbonyl (C=O) groups is 2. The minimum atomic E-state index is -0.223. The molecule has 7 nitrogen and oxygen atoms in total. The Labute approximate surface area is 185 Å². The summed E-state index contributed by atoms with van der Waals surface area (Å²) >= 11 is 11.6. The first-order valence-corrected chi connectivity index (χ1v) is 10.4. The molecule has 0 aliphatic carbocycles. The number of halogens is 2. The smallest absolute Gasteiger partial charge is 0.260 e. The van der Waals surface area contributed by atoms with Crippen LogP contribution in [-0.2, 0) is 9.59 Å². The summed E-state index contributed by atoms with van der Waals surface area (Å²) in [6, 6.07) is 10.1. The Balaban J connectivity index is 1.37. The molecule has 1 aliphatic heterocycles. The second-order valence-corrected chi connectivity index (χ2v) is 7.82. The Morgan fingerprint density at radius 3 is 2.53 bits per heavy atom. The van der Waals surface area contributed by atoms with Crippen molar-refractivity contribution in [2.75, 3.05) is 32.8 Å². The van der Waals surface area contributed by atoms with Crippen molar-refractivity contribution in [2.24, 2.45) is 5.92 Å². The molecule has 160 valence electrons. The van der Waals surface area contributed by atoms with Crippen LogP contribution in [0.1, 0.15) is 12.8 Å². The van der Waals surface area contributed by atoms with E-state index in [1.807, 2.05) is 0 Å². The first-order valence-electron chi connectivity index (χ1n) is 9.67. The number of hydrogen-bond donors (Lipinski definition) is 1. The lowest BCUT2D eigenvalue weighted by Crippen LogP contribution is -2.45. The van der Waals surface area contributed by atoms with Crippen molar-refractivity contribution >= 4 is 35.0 Å². The van der Waals surface area contributed by atoms with Crippen LogP contribution in [0.3, 0.4) is 0 Å². The van der Waals surface area contributed by atoms with Crippen molar-refractivity contribution in [1.29, 1.82) is 0 Å². The highest BCUT2D eigenvalue weighted by atomic mass is 35.5. The summed E-state index contributed by atoms with van der Waals surface area (Å²) in [7, 11) is 0. The van der Waals surface area contributed by atoms with Gasteiger partial charge < -0.3 is 19.7 Å². The van der Waals surface area contributed by atoms with Gasteiger partial charge >= 0.3 is 0 Å². The molecule has 1 saturated heterocycles. The lowest BCUT2D eigenvalue weighted by molar-refractivity contribution is -0.135. The molecule has 9 heteroatoms. The predicted molar refractivity (Wildman–Crippen MR) is 114 cm³/mol. The van der Waals surface area contributed by atoms with Crippen LogP contribution in [0.2, 0.25) is 10.2 Å². The minimum absolute atomic E-state index is 0.0241. The van der Waals surface area contributed by atoms with Crippen LogP contribution in [0.15, 0.2) is 42.6 Å². The molecule has 1 N–H and O–H groups in total. The number of hydrogen-bond acceptors (Lipinski definition) is 5. The Bertz CT molecular complexity index is 846. The number of amides is 2. The first-order chi connectivity index (χ1) is 14.5. The van der Waals surface area contributed by atoms with Crippen molar-refractivity contribution in [3.8, 4) is 11.5 Å². The van der Waals surface area contributed by atoms with Crippen LogP contribution >= 0.6 is 23.2 Å². The third-order valence-electron chi connectivity index (χ3n) is 4.71. The van der Waals surface area contributed by atoms with Gasteiger partial charge in [-0.15, -0.1) is 0 Å². The third-order valence-corrected chi connectivity index (χ3v) is 5.18. The van der Waals surface area contributed by atoms with Gasteiger partial charge in [0.15, 0.2) is 13.2 Å². The summed E-state index contributed by atoms with van der Waals surface area (Å²) in [5.41, 5.74) is 0. The molecule has 2 heterocycles. The number of likely N-dealkylation sites (tertiary alicyclic amines) is 1. The molecule has 1 aromatic carbocycles. The van der Waals surface area contributed by atoms with Crippen molar-refractivity contribution in [3.63, 3.8) is 0 Å². The van der Waals surface area contributed by atoms with Gasteiger partial charge in [0, 0.05) is 24.7 Å². The zero-order valence-corrected chi connectivity index (χ0v) is 17.9. The number of nitrogens with zero attached hydrogens (tertiary/aromatic N) is 2. The quantitative estimate of drug-likeness (QED) is 0.623. The van der Waals surface area contributed by atoms with Gasteiger partial charge in [0.1, 0.15) is 16.7 Å². The van der Waals surface area contributed by atoms with Gasteiger partial charge in [-0.2, -0.15) is 0 Å². The minimum Gasteiger partial charge on any atom is -0.484 e. The van der Waals surface area contributed by atoms with Crippen molar-refractivity contribution in [3.05, 3.63) is 52.8 Å². The van der Waals surface area contributed by atoms with E-state index in [-0.39, 0.29) is 30.9 Å². The number of carbonyl (C=O) groups excluding carboxylic acids is 2. The molecule has 1 atom stereocenters. The Morgan fingerprint density at radius 2 is 1.80 bits per heavy atom. The van der Waals surface area contributed by atoms with Crippen molar-refractivity contribution in [1.82, 2.24) is 15.2 Å². The van der Waals surface area contributed by atoms with Gasteiger partial charge in [-0.3, -0.25) is 9.59 Å². The maximum atomic E-state index is 12.5. The number of piperidine rings is 1. The fraction of sp³-hybridized carbons (Fsp3) is 0.381. The zero-order chi connectivity index (χ0) is 21.3. The average molecular weight is 452 g/mol. The van der Waals surface area contributed by atoms with E-state index in [0.717, 1.165) is 12.8 Å². The summed E-state index contributed by atoms with van der Waals surface area (Å²) in [4.78, 5) is 30.2. The lowest BCUT2D eigenvalue weighted by atomic mass is 9.98. The van der Waals surface area contributed by atoms with E-state index >= 15 is 0 Å². The first kappa shape index (κ1) is 22.2. The fourth-order valence-corrected chi connectivity index (χ4v) is 3.37. The molecular weight excluding hydrogens is 429 g/mol. The summed E-state index contributed by atoms with van der Waals surface area (Å²) < 4.78 is 10.9. The van der Waals surface area contributed by atoms with Crippen LogP contribution < -0.4 is 14.8 Å². The summed E-state index contributed by atoms with van der Waals surface area (Å²) in [5, 5.41) is 3.84. The van der Waals surface area contributed by atoms with Gasteiger partial charge in [0.05, 0.1) is 6.20 Å². The molecule has 1 unspecified atom stereocenters. The van der Waals surface area contributed by atoms with E-state index in [4.69, 9.17) is 32.7 Å². The van der Waals surface area contributed by atoms with Gasteiger partial charge in [0.2, 0.25) is 0 Å². The van der Waals surface area contributed by atoms with E-state index in [1.165, 1.54) is 6.20 Å². The molecular formula is C21H23Cl2N3O4. The van der Waals surface area contributed by atoms with Crippen molar-refractivity contribution in [2.45, 2.75) is 12.8 Å². The molecule has 0 spiro atoms. The van der Waals surface area contributed by atoms with Crippen LogP contribution in [-0.4, -0.2) is 54.5 Å². The van der Waals surface area contributed by atoms with Gasteiger partial charge in [-0.1, -0.05) is 23.2 Å². The zero-order valence-electron chi connectivity index (χ0n) is 16.4. The summed E-state index contributed by atoms with van der Waals surface area (Å²) in [5.74, 6) is 0.979. The average Bonchev–Trinajstić information content (AvgIpc) is 2.77. The Hall–Kier alpha value is -2.51. The highest BCUT2D eigenvalue weighted by Crippen LogP contribution is 2.18. The third kappa shape index (κ3) is 7.07. The van der Waals surface area contributed by atoms with E-state index < -0.39 is 0 Å². The highest BCUT2D eigenvalue weighted by Gasteiger charge is 2.24. The summed E-state index contributed by atoms with van der Waals surface area (Å²) in [6.07, 6.45) is 3.30. The van der Waals surface area contributed by atoms with Crippen LogP contribution in [0.25, 0.3) is 0 Å². The van der Waals surface area contributed by atoms with E-state index in [2.05, 4.69) is 10.3 Å². The molecule has 1 aromatic heterocycles. The van der Waals surface area contributed by atoms with Crippen LogP contribution in [0, 0.1) is 5.92 Å². The topological polar surface area (TPSA) is 80.8 Å². The van der Waals surface area contributed by atoms with Crippen LogP contribution in [0.4, 0.5) is 0 Å². The molecule has 3 rings (SSSR count). The second kappa shape index (κ2) is 11.0. The molecule has 1 fully saturated rings. The normalized spacial score (nSPS) is 16.1. The molecule has 1 aliphatic rings. The predicted octanol–water partition coefficient (Wildman–Crippen LogP) is 3.20. The fourth-order valence-electron chi connectivity index (χ4n) is 3.13. The maximum Gasteiger partial charge on any atom is 0.260 e. The number of nitrogens with one attached hydrogen (secondary N) is 1. The number of benzene rings is 1. The van der Waals surface area contributed by atoms with Gasteiger partial charge in [-0.25, -0.2) is 4.98 Å². The van der Waals surface area contributed by atoms with Crippen LogP contribution in [0.5, 0.6) is 11.5 Å². The summed E-state index contributed by atoms with van der Waals surface area (Å²) in [6.45, 7) is 1.64. The SMILES string of the molecule is O=C(COc1ccc(Cl)nc1)NCC1CCCN(C(=O)COc2ccc(Cl)cc2)C1. The maximum absolute atomic E-state index is 12.5. The number of pyridine rings is 1. The van der Waals surface area contributed by atoms with Gasteiger partial charge in [0.25, 0.3) is 11.8 Å². The molecule has 30 heavy (non-hydrogen) atoms. The van der Waals surface area contributed by atoms with E-state index in [9.17, 15) is 9.59 Å². The molecule has 0 saturated carbocycles. The standard InChI is InChI=1S/C21H23Cl2N3O4/c22-16-3-5-17(6-4-16)30-14-21(28)26-9-1-2-15(12-26)10-25-20(27)13-29-18-7-8-19(23)24-11-18/h3-8,11,15H,1-2,9-10,12-14H2,(H,25,27). The van der Waals surface area contributed by atoms with E-state index in [1.54, 1.807) is 41.3 Å². The number of ether oxygens (including phenoxy) is 2. The van der Waals surface area contributed by atoms with Gasteiger partial charge in [-0.05, 0) is 55.2 Å². The Kier molecular flexibility index (Phi) is 8.16. The molecule has 2 aromatic rings. The molecule has 2 amide bonds. The number of aromatic nitrogens is 1. The highest BCUT2D eigenvalue weighted by molar-refractivity contribution is 6.30. The lowest BCUT2D eigenvalue weighted by Gasteiger charge is -2.32. The molecule has 0 radical (unpaired) electrons. The van der Waals surface area contributed by atoms with Crippen molar-refractivity contribution < 1.29 is 19.1 Å². The monoisotopic (exact) mass is 451 g/mol. The second-order valence-electron chi connectivity index (χ2n) is 7.00. The molecule has 0 bridgehead atoms. The number of rotatable bonds is 8. The Morgan fingerprint density at radius 1 is 1.07 bits per heavy atom. The van der Waals surface area contributed by atoms with E-state index in [0.29, 0.717) is 41.3 Å². The largest absolute Gasteiger partial charge is 0.484 e.